The van der Waals surface area contributed by atoms with E-state index < -0.39 is 17.6 Å². The van der Waals surface area contributed by atoms with Crippen molar-refractivity contribution in [2.24, 2.45) is 11.7 Å². The molecule has 0 aromatic heterocycles. The Hall–Kier alpha value is -2.02. The van der Waals surface area contributed by atoms with E-state index in [1.807, 2.05) is 0 Å². The number of likely N-dealkylation sites (tertiary alicyclic amines) is 1. The lowest BCUT2D eigenvalue weighted by molar-refractivity contribution is -0.140. The molecule has 1 aromatic rings. The number of hydrogen-bond donors (Lipinski definition) is 1. The maximum Gasteiger partial charge on any atom is 0.239 e. The van der Waals surface area contributed by atoms with Gasteiger partial charge in [-0.25, -0.2) is 8.78 Å². The fraction of sp³-hybridized carbons (Fsp3) is 0.500. The van der Waals surface area contributed by atoms with E-state index in [1.165, 1.54) is 11.0 Å². The fourth-order valence-corrected chi connectivity index (χ4v) is 3.39. The number of benzene rings is 1. The van der Waals surface area contributed by atoms with Gasteiger partial charge in [0, 0.05) is 37.4 Å². The van der Waals surface area contributed by atoms with E-state index in [2.05, 4.69) is 0 Å². The van der Waals surface area contributed by atoms with E-state index in [9.17, 15) is 18.4 Å². The molecule has 7 heteroatoms. The van der Waals surface area contributed by atoms with E-state index in [1.54, 1.807) is 4.90 Å². The molecule has 0 aliphatic carbocycles. The lowest BCUT2D eigenvalue weighted by atomic mass is 10.1. The van der Waals surface area contributed by atoms with Crippen LogP contribution in [-0.2, 0) is 9.59 Å². The predicted molar refractivity (Wildman–Crippen MR) is 80.6 cm³/mol. The molecule has 2 heterocycles. The SMILES string of the molecule is NC[C@H]1CCCN1C(=O)[C@@H]1CCN(c2ccc(F)c(F)c2)C1=O. The summed E-state index contributed by atoms with van der Waals surface area (Å²) in [5, 5.41) is 0. The van der Waals surface area contributed by atoms with E-state index >= 15 is 0 Å². The van der Waals surface area contributed by atoms with Crippen LogP contribution < -0.4 is 10.6 Å². The van der Waals surface area contributed by atoms with Crippen LogP contribution in [0.15, 0.2) is 18.2 Å². The Labute approximate surface area is 133 Å². The Morgan fingerprint density at radius 2 is 2.00 bits per heavy atom. The summed E-state index contributed by atoms with van der Waals surface area (Å²) in [5.74, 6) is -3.28. The number of halogens is 2. The second-order valence-corrected chi connectivity index (χ2v) is 5.99. The first-order valence-electron chi connectivity index (χ1n) is 7.80. The Morgan fingerprint density at radius 3 is 2.70 bits per heavy atom. The van der Waals surface area contributed by atoms with Gasteiger partial charge in [-0.15, -0.1) is 0 Å². The first kappa shape index (κ1) is 15.9. The number of rotatable bonds is 3. The molecule has 2 aliphatic rings. The van der Waals surface area contributed by atoms with Crippen LogP contribution in [0.5, 0.6) is 0 Å². The number of carbonyl (C=O) groups excluding carboxylic acids is 2. The summed E-state index contributed by atoms with van der Waals surface area (Å²) in [5.41, 5.74) is 5.96. The van der Waals surface area contributed by atoms with Crippen molar-refractivity contribution in [2.45, 2.75) is 25.3 Å². The van der Waals surface area contributed by atoms with Crippen LogP contribution in [-0.4, -0.2) is 42.4 Å². The second kappa shape index (κ2) is 6.23. The van der Waals surface area contributed by atoms with Crippen LogP contribution in [0.4, 0.5) is 14.5 Å². The van der Waals surface area contributed by atoms with Crippen LogP contribution in [0.25, 0.3) is 0 Å². The fourth-order valence-electron chi connectivity index (χ4n) is 3.39. The van der Waals surface area contributed by atoms with Crippen molar-refractivity contribution >= 4 is 17.5 Å². The number of nitrogens with zero attached hydrogens (tertiary/aromatic N) is 2. The zero-order valence-electron chi connectivity index (χ0n) is 12.7. The smallest absolute Gasteiger partial charge is 0.239 e. The molecule has 1 aromatic carbocycles. The van der Waals surface area contributed by atoms with Gasteiger partial charge < -0.3 is 15.5 Å². The summed E-state index contributed by atoms with van der Waals surface area (Å²) in [6.07, 6.45) is 2.13. The quantitative estimate of drug-likeness (QED) is 0.852. The maximum atomic E-state index is 13.4. The summed E-state index contributed by atoms with van der Waals surface area (Å²) in [4.78, 5) is 28.2. The monoisotopic (exact) mass is 323 g/mol. The topological polar surface area (TPSA) is 66.6 Å². The molecule has 23 heavy (non-hydrogen) atoms. The van der Waals surface area contributed by atoms with Gasteiger partial charge in [0.25, 0.3) is 0 Å². The van der Waals surface area contributed by atoms with Crippen molar-refractivity contribution in [3.63, 3.8) is 0 Å². The molecule has 5 nitrogen and oxygen atoms in total. The molecule has 2 aliphatic heterocycles. The summed E-state index contributed by atoms with van der Waals surface area (Å²) in [7, 11) is 0. The molecule has 0 spiro atoms. The van der Waals surface area contributed by atoms with Crippen LogP contribution in [0.2, 0.25) is 0 Å². The Balaban J connectivity index is 1.76. The number of nitrogens with two attached hydrogens (primary N) is 1. The summed E-state index contributed by atoms with van der Waals surface area (Å²) in [6, 6.07) is 3.31. The van der Waals surface area contributed by atoms with Crippen molar-refractivity contribution in [2.75, 3.05) is 24.5 Å². The summed E-state index contributed by atoms with van der Waals surface area (Å²) < 4.78 is 26.4. The van der Waals surface area contributed by atoms with Gasteiger partial charge in [-0.3, -0.25) is 9.59 Å². The first-order valence-corrected chi connectivity index (χ1v) is 7.80. The van der Waals surface area contributed by atoms with Crippen molar-refractivity contribution in [3.05, 3.63) is 29.8 Å². The molecule has 2 N–H and O–H groups in total. The second-order valence-electron chi connectivity index (χ2n) is 5.99. The van der Waals surface area contributed by atoms with Crippen LogP contribution >= 0.6 is 0 Å². The van der Waals surface area contributed by atoms with Crippen molar-refractivity contribution < 1.29 is 18.4 Å². The highest BCUT2D eigenvalue weighted by atomic mass is 19.2. The standard InChI is InChI=1S/C16H19F2N3O2/c17-13-4-3-10(8-14(13)18)21-7-5-12(16(21)23)15(22)20-6-1-2-11(20)9-19/h3-4,8,11-12H,1-2,5-7,9,19H2/t11-,12+/m1/s1. The largest absolute Gasteiger partial charge is 0.338 e. The van der Waals surface area contributed by atoms with E-state index in [4.69, 9.17) is 5.73 Å². The Bertz CT molecular complexity index is 638. The highest BCUT2D eigenvalue weighted by Crippen LogP contribution is 2.29. The van der Waals surface area contributed by atoms with Gasteiger partial charge in [0.05, 0.1) is 0 Å². The lowest BCUT2D eigenvalue weighted by Gasteiger charge is -2.26. The molecule has 0 saturated carbocycles. The molecular formula is C16H19F2N3O2. The van der Waals surface area contributed by atoms with Crippen LogP contribution in [0.3, 0.4) is 0 Å². The van der Waals surface area contributed by atoms with Crippen molar-refractivity contribution in [1.29, 1.82) is 0 Å². The molecule has 2 atom stereocenters. The first-order chi connectivity index (χ1) is 11.0. The summed E-state index contributed by atoms with van der Waals surface area (Å²) in [6.45, 7) is 1.33. The number of hydrogen-bond acceptors (Lipinski definition) is 3. The highest BCUT2D eigenvalue weighted by molar-refractivity contribution is 6.09. The minimum Gasteiger partial charge on any atom is -0.338 e. The van der Waals surface area contributed by atoms with E-state index in [0.29, 0.717) is 26.1 Å². The van der Waals surface area contributed by atoms with Crippen LogP contribution in [0, 0.1) is 17.6 Å². The van der Waals surface area contributed by atoms with Gasteiger partial charge in [-0.05, 0) is 31.4 Å². The third-order valence-corrected chi connectivity index (χ3v) is 4.65. The predicted octanol–water partition coefficient (Wildman–Crippen LogP) is 1.27. The molecule has 0 bridgehead atoms. The van der Waals surface area contributed by atoms with Crippen LogP contribution in [0.1, 0.15) is 19.3 Å². The number of anilines is 1. The molecule has 124 valence electrons. The Morgan fingerprint density at radius 1 is 1.22 bits per heavy atom. The van der Waals surface area contributed by atoms with Crippen molar-refractivity contribution in [1.82, 2.24) is 4.90 Å². The molecule has 0 radical (unpaired) electrons. The molecule has 2 fully saturated rings. The van der Waals surface area contributed by atoms with Gasteiger partial charge in [0.1, 0.15) is 5.92 Å². The number of amides is 2. The summed E-state index contributed by atoms with van der Waals surface area (Å²) >= 11 is 0. The zero-order chi connectivity index (χ0) is 16.6. The normalized spacial score (nSPS) is 24.6. The molecule has 2 saturated heterocycles. The minimum atomic E-state index is -1.01. The average Bonchev–Trinajstić information content (AvgIpc) is 3.16. The maximum absolute atomic E-state index is 13.4. The highest BCUT2D eigenvalue weighted by Gasteiger charge is 2.42. The molecular weight excluding hydrogens is 304 g/mol. The van der Waals surface area contributed by atoms with Gasteiger partial charge in [-0.1, -0.05) is 0 Å². The average molecular weight is 323 g/mol. The Kier molecular flexibility index (Phi) is 4.30. The van der Waals surface area contributed by atoms with Gasteiger partial charge in [0.15, 0.2) is 11.6 Å². The third kappa shape index (κ3) is 2.81. The lowest BCUT2D eigenvalue weighted by Crippen LogP contribution is -2.45. The third-order valence-electron chi connectivity index (χ3n) is 4.65. The van der Waals surface area contributed by atoms with E-state index in [-0.39, 0.29) is 23.5 Å². The van der Waals surface area contributed by atoms with Gasteiger partial charge in [0.2, 0.25) is 11.8 Å². The van der Waals surface area contributed by atoms with Gasteiger partial charge >= 0.3 is 0 Å². The van der Waals surface area contributed by atoms with Crippen molar-refractivity contribution in [3.8, 4) is 0 Å². The van der Waals surface area contributed by atoms with E-state index in [0.717, 1.165) is 25.0 Å². The minimum absolute atomic E-state index is 0.00684. The molecule has 0 unspecified atom stereocenters. The molecule has 2 amide bonds. The van der Waals surface area contributed by atoms with Gasteiger partial charge in [-0.2, -0.15) is 0 Å². The molecule has 3 rings (SSSR count). The number of carbonyl (C=O) groups is 2. The zero-order valence-corrected chi connectivity index (χ0v) is 12.7.